The van der Waals surface area contributed by atoms with Crippen LogP contribution in [0.4, 0.5) is 0 Å². The highest BCUT2D eigenvalue weighted by Gasteiger charge is 2.15. The first kappa shape index (κ1) is 14.1. The smallest absolute Gasteiger partial charge is 0.312 e. The van der Waals surface area contributed by atoms with Crippen molar-refractivity contribution in [3.8, 4) is 5.75 Å². The van der Waals surface area contributed by atoms with Gasteiger partial charge in [-0.25, -0.2) is 0 Å². The van der Waals surface area contributed by atoms with Gasteiger partial charge in [-0.05, 0) is 30.2 Å². The van der Waals surface area contributed by atoms with Crippen molar-refractivity contribution >= 4 is 5.97 Å². The molecule has 0 aliphatic rings. The van der Waals surface area contributed by atoms with Gasteiger partial charge in [0.05, 0.1) is 13.0 Å². The quantitative estimate of drug-likeness (QED) is 0.779. The molecule has 0 amide bonds. The average molecular weight is 270 g/mol. The summed E-state index contributed by atoms with van der Waals surface area (Å²) in [7, 11) is 1.40. The zero-order valence-corrected chi connectivity index (χ0v) is 11.7. The van der Waals surface area contributed by atoms with Crippen molar-refractivity contribution in [2.45, 2.75) is 19.4 Å². The second-order valence-electron chi connectivity index (χ2n) is 4.59. The molecule has 1 unspecified atom stereocenters. The Bertz CT molecular complexity index is 563. The number of esters is 1. The minimum Gasteiger partial charge on any atom is -0.489 e. The Morgan fingerprint density at radius 3 is 2.55 bits per heavy atom. The van der Waals surface area contributed by atoms with Crippen molar-refractivity contribution in [1.29, 1.82) is 0 Å². The third kappa shape index (κ3) is 3.60. The number of hydrogen-bond acceptors (Lipinski definition) is 3. The van der Waals surface area contributed by atoms with Crippen molar-refractivity contribution in [3.05, 3.63) is 65.7 Å². The zero-order valence-electron chi connectivity index (χ0n) is 11.7. The highest BCUT2D eigenvalue weighted by Crippen LogP contribution is 2.22. The minimum atomic E-state index is -0.291. The number of ether oxygens (including phenoxy) is 2. The molecular weight excluding hydrogens is 252 g/mol. The molecule has 2 aromatic rings. The van der Waals surface area contributed by atoms with Gasteiger partial charge in [0, 0.05) is 0 Å². The molecule has 3 nitrogen and oxygen atoms in total. The topological polar surface area (TPSA) is 35.5 Å². The van der Waals surface area contributed by atoms with Crippen molar-refractivity contribution in [3.63, 3.8) is 0 Å². The fourth-order valence-corrected chi connectivity index (χ4v) is 1.93. The molecule has 0 saturated carbocycles. The maximum atomic E-state index is 11.5. The summed E-state index contributed by atoms with van der Waals surface area (Å²) in [5.41, 5.74) is 2.00. The molecular formula is C17H18O3. The van der Waals surface area contributed by atoms with Crippen LogP contribution in [0.1, 0.15) is 24.0 Å². The molecule has 1 atom stereocenters. The summed E-state index contributed by atoms with van der Waals surface area (Å²) in [4.78, 5) is 11.5. The summed E-state index contributed by atoms with van der Waals surface area (Å²) in [6.45, 7) is 2.33. The summed E-state index contributed by atoms with van der Waals surface area (Å²) >= 11 is 0. The Morgan fingerprint density at radius 2 is 1.85 bits per heavy atom. The summed E-state index contributed by atoms with van der Waals surface area (Å²) < 4.78 is 10.5. The van der Waals surface area contributed by atoms with Crippen molar-refractivity contribution < 1.29 is 14.3 Å². The molecule has 0 N–H and O–H groups in total. The molecule has 3 heteroatoms. The van der Waals surface area contributed by atoms with Crippen LogP contribution in [0.2, 0.25) is 0 Å². The second kappa shape index (κ2) is 6.75. The van der Waals surface area contributed by atoms with Gasteiger partial charge in [-0.15, -0.1) is 0 Å². The van der Waals surface area contributed by atoms with E-state index in [9.17, 15) is 4.79 Å². The van der Waals surface area contributed by atoms with Crippen LogP contribution in [0.25, 0.3) is 0 Å². The lowest BCUT2D eigenvalue weighted by molar-refractivity contribution is -0.141. The molecule has 104 valence electrons. The summed E-state index contributed by atoms with van der Waals surface area (Å²) in [5.74, 6) is 0.215. The molecule has 2 rings (SSSR count). The third-order valence-electron chi connectivity index (χ3n) is 3.16. The maximum absolute atomic E-state index is 11.5. The van der Waals surface area contributed by atoms with E-state index in [0.29, 0.717) is 6.61 Å². The Hall–Kier alpha value is -2.29. The molecule has 0 aromatic heterocycles. The number of hydrogen-bond donors (Lipinski definition) is 0. The van der Waals surface area contributed by atoms with Crippen LogP contribution in [0.15, 0.2) is 54.6 Å². The van der Waals surface area contributed by atoms with Crippen molar-refractivity contribution in [2.75, 3.05) is 7.11 Å². The van der Waals surface area contributed by atoms with E-state index in [1.807, 2.05) is 61.5 Å². The van der Waals surface area contributed by atoms with Crippen LogP contribution in [0, 0.1) is 0 Å². The van der Waals surface area contributed by atoms with Gasteiger partial charge in [-0.1, -0.05) is 42.5 Å². The monoisotopic (exact) mass is 270 g/mol. The van der Waals surface area contributed by atoms with Gasteiger partial charge in [-0.2, -0.15) is 0 Å². The highest BCUT2D eigenvalue weighted by molar-refractivity contribution is 5.77. The van der Waals surface area contributed by atoms with E-state index in [0.717, 1.165) is 16.9 Å². The van der Waals surface area contributed by atoms with Crippen molar-refractivity contribution in [1.82, 2.24) is 0 Å². The van der Waals surface area contributed by atoms with Crippen molar-refractivity contribution in [2.24, 2.45) is 0 Å². The van der Waals surface area contributed by atoms with Crippen LogP contribution >= 0.6 is 0 Å². The third-order valence-corrected chi connectivity index (χ3v) is 3.16. The van der Waals surface area contributed by atoms with Crippen LogP contribution in [-0.4, -0.2) is 13.1 Å². The van der Waals surface area contributed by atoms with Gasteiger partial charge >= 0.3 is 5.97 Å². The van der Waals surface area contributed by atoms with Crippen LogP contribution < -0.4 is 4.74 Å². The van der Waals surface area contributed by atoms with E-state index >= 15 is 0 Å². The molecule has 0 saturated heterocycles. The first-order valence-corrected chi connectivity index (χ1v) is 6.55. The van der Waals surface area contributed by atoms with E-state index in [4.69, 9.17) is 9.47 Å². The number of rotatable bonds is 5. The standard InChI is InChI=1S/C17H18O3/c1-13(17(18)19-2)15-9-6-10-16(11-15)20-12-14-7-4-3-5-8-14/h3-11,13H,12H2,1-2H3. The normalized spacial score (nSPS) is 11.7. The summed E-state index contributed by atoms with van der Waals surface area (Å²) in [6, 6.07) is 17.5. The second-order valence-corrected chi connectivity index (χ2v) is 4.59. The molecule has 0 fully saturated rings. The zero-order chi connectivity index (χ0) is 14.4. The fraction of sp³-hybridized carbons (Fsp3) is 0.235. The van der Waals surface area contributed by atoms with Gasteiger partial charge in [-0.3, -0.25) is 4.79 Å². The molecule has 0 heterocycles. The predicted octanol–water partition coefficient (Wildman–Crippen LogP) is 3.54. The number of carbonyl (C=O) groups is 1. The van der Waals surface area contributed by atoms with Gasteiger partial charge in [0.25, 0.3) is 0 Å². The maximum Gasteiger partial charge on any atom is 0.312 e. The van der Waals surface area contributed by atoms with E-state index in [1.165, 1.54) is 7.11 Å². The number of carbonyl (C=O) groups excluding carboxylic acids is 1. The Morgan fingerprint density at radius 1 is 1.10 bits per heavy atom. The average Bonchev–Trinajstić information content (AvgIpc) is 2.52. The fourth-order valence-electron chi connectivity index (χ4n) is 1.93. The largest absolute Gasteiger partial charge is 0.489 e. The molecule has 0 spiro atoms. The van der Waals surface area contributed by atoms with E-state index < -0.39 is 0 Å². The molecule has 0 radical (unpaired) electrons. The lowest BCUT2D eigenvalue weighted by Gasteiger charge is -2.12. The Kier molecular flexibility index (Phi) is 4.77. The highest BCUT2D eigenvalue weighted by atomic mass is 16.5. The van der Waals surface area contributed by atoms with Crippen LogP contribution in [0.5, 0.6) is 5.75 Å². The SMILES string of the molecule is COC(=O)C(C)c1cccc(OCc2ccccc2)c1. The number of methoxy groups -OCH3 is 1. The molecule has 0 aliphatic carbocycles. The van der Waals surface area contributed by atoms with E-state index in [1.54, 1.807) is 0 Å². The van der Waals surface area contributed by atoms with Gasteiger partial charge < -0.3 is 9.47 Å². The van der Waals surface area contributed by atoms with Gasteiger partial charge in [0.1, 0.15) is 12.4 Å². The summed E-state index contributed by atoms with van der Waals surface area (Å²) in [5, 5.41) is 0. The predicted molar refractivity (Wildman–Crippen MR) is 77.6 cm³/mol. The van der Waals surface area contributed by atoms with Gasteiger partial charge in [0.2, 0.25) is 0 Å². The minimum absolute atomic E-state index is 0.245. The molecule has 2 aromatic carbocycles. The molecule has 0 aliphatic heterocycles. The Labute approximate surface area is 119 Å². The van der Waals surface area contributed by atoms with E-state index in [2.05, 4.69) is 0 Å². The van der Waals surface area contributed by atoms with Crippen LogP contribution in [0.3, 0.4) is 0 Å². The Balaban J connectivity index is 2.04. The first-order valence-electron chi connectivity index (χ1n) is 6.55. The molecule has 20 heavy (non-hydrogen) atoms. The van der Waals surface area contributed by atoms with Crippen LogP contribution in [-0.2, 0) is 16.1 Å². The summed E-state index contributed by atoms with van der Waals surface area (Å²) in [6.07, 6.45) is 0. The lowest BCUT2D eigenvalue weighted by Crippen LogP contribution is -2.10. The van der Waals surface area contributed by atoms with E-state index in [-0.39, 0.29) is 11.9 Å². The lowest BCUT2D eigenvalue weighted by atomic mass is 10.0. The number of benzene rings is 2. The molecule has 0 bridgehead atoms. The van der Waals surface area contributed by atoms with Gasteiger partial charge in [0.15, 0.2) is 0 Å². The first-order chi connectivity index (χ1) is 9.70.